The summed E-state index contributed by atoms with van der Waals surface area (Å²) in [5, 5.41) is 0. The minimum atomic E-state index is -5.38. The molecule has 0 nitrogen and oxygen atoms in total. The Hall–Kier alpha value is -4.76. The molecular formula is C36H20F16. The first-order chi connectivity index (χ1) is 24.0. The Morgan fingerprint density at radius 1 is 0.365 bits per heavy atom. The second-order valence-corrected chi connectivity index (χ2v) is 11.7. The highest BCUT2D eigenvalue weighted by Crippen LogP contribution is 2.62. The van der Waals surface area contributed by atoms with Crippen LogP contribution in [0.25, 0.3) is 12.2 Å². The summed E-state index contributed by atoms with van der Waals surface area (Å²) in [4.78, 5) is 0. The molecule has 0 unspecified atom stereocenters. The number of halogens is 16. The Morgan fingerprint density at radius 3 is 0.923 bits per heavy atom. The van der Waals surface area contributed by atoms with Gasteiger partial charge in [0.15, 0.2) is 0 Å². The summed E-state index contributed by atoms with van der Waals surface area (Å²) in [5.41, 5.74) is -11.7. The zero-order chi connectivity index (χ0) is 38.6. The van der Waals surface area contributed by atoms with Gasteiger partial charge in [0.2, 0.25) is 0 Å². The van der Waals surface area contributed by atoms with Crippen molar-refractivity contribution >= 4 is 12.2 Å². The molecule has 0 radical (unpaired) electrons. The molecule has 1 aliphatic rings. The number of rotatable bonds is 6. The van der Waals surface area contributed by atoms with Gasteiger partial charge < -0.3 is 0 Å². The van der Waals surface area contributed by atoms with Crippen molar-refractivity contribution in [2.24, 2.45) is 11.8 Å². The van der Waals surface area contributed by atoms with Gasteiger partial charge in [0.1, 0.15) is 23.3 Å². The summed E-state index contributed by atoms with van der Waals surface area (Å²) in [6.07, 6.45) is -19.3. The predicted octanol–water partition coefficient (Wildman–Crippen LogP) is 12.9. The zero-order valence-electron chi connectivity index (χ0n) is 25.6. The summed E-state index contributed by atoms with van der Waals surface area (Å²) >= 11 is 0. The van der Waals surface area contributed by atoms with Crippen LogP contribution in [-0.2, 0) is 24.7 Å². The van der Waals surface area contributed by atoms with Gasteiger partial charge in [0, 0.05) is 34.1 Å². The van der Waals surface area contributed by atoms with E-state index in [1.165, 1.54) is 0 Å². The first-order valence-electron chi connectivity index (χ1n) is 14.8. The molecule has 1 fully saturated rings. The normalized spacial score (nSPS) is 20.2. The Balaban J connectivity index is 1.84. The fraction of sp³-hybridized carbons (Fsp3) is 0.222. The number of hydrogen-bond donors (Lipinski definition) is 0. The summed E-state index contributed by atoms with van der Waals surface area (Å²) in [5.74, 6) is -14.5. The van der Waals surface area contributed by atoms with Gasteiger partial charge in [0.05, 0.1) is 22.3 Å². The molecule has 0 atom stereocenters. The molecule has 276 valence electrons. The number of allylic oxidation sites excluding steroid dienone is 2. The molecular weight excluding hydrogens is 736 g/mol. The van der Waals surface area contributed by atoms with Gasteiger partial charge in [-0.05, 0) is 60.4 Å². The van der Waals surface area contributed by atoms with Crippen molar-refractivity contribution in [2.75, 3.05) is 0 Å². The van der Waals surface area contributed by atoms with Crippen molar-refractivity contribution in [1.82, 2.24) is 0 Å². The van der Waals surface area contributed by atoms with Crippen molar-refractivity contribution in [3.05, 3.63) is 153 Å². The molecule has 16 heteroatoms. The Labute approximate surface area is 283 Å². The molecule has 52 heavy (non-hydrogen) atoms. The SMILES string of the molecule is Fc1cccc(C(F)(F)F)c1/C=C/C1C(c2c(F)cccc2C(F)(F)F)C(/C=C/c2c(F)cccc2C(F)(F)F)C1c1c(F)cccc1C(F)(F)F. The standard InChI is InChI=1S/C36H20F16/c37-25-9-1-5-21(33(41,42)43)17(25)13-15-19-29(31-23(35(47,48)49)7-3-11-27(31)39)20(16-14-18-22(34(44,45)46)6-2-10-26(18)38)30(19)32-24(36(50,51)52)8-4-12-28(32)40/h1-16,19-20,29-30H/b15-13+,16-14+. The second kappa shape index (κ2) is 13.7. The Bertz CT molecular complexity index is 1860. The van der Waals surface area contributed by atoms with Crippen LogP contribution in [-0.4, -0.2) is 0 Å². The second-order valence-electron chi connectivity index (χ2n) is 11.7. The summed E-state index contributed by atoms with van der Waals surface area (Å²) in [7, 11) is 0. The maximum Gasteiger partial charge on any atom is 0.417 e. The highest BCUT2D eigenvalue weighted by Gasteiger charge is 2.55. The number of hydrogen-bond acceptors (Lipinski definition) is 0. The maximum absolute atomic E-state index is 15.6. The van der Waals surface area contributed by atoms with Crippen molar-refractivity contribution in [2.45, 2.75) is 36.5 Å². The molecule has 0 amide bonds. The lowest BCUT2D eigenvalue weighted by atomic mass is 9.51. The quantitative estimate of drug-likeness (QED) is 0.172. The summed E-state index contributed by atoms with van der Waals surface area (Å²) in [6, 6.07) is 6.35. The van der Waals surface area contributed by atoms with E-state index >= 15 is 8.78 Å². The summed E-state index contributed by atoms with van der Waals surface area (Å²) < 4.78 is 230. The van der Waals surface area contributed by atoms with E-state index in [9.17, 15) is 61.5 Å². The van der Waals surface area contributed by atoms with Crippen molar-refractivity contribution < 1.29 is 70.2 Å². The minimum absolute atomic E-state index is 0.370. The molecule has 4 aromatic rings. The van der Waals surface area contributed by atoms with Crippen molar-refractivity contribution in [3.8, 4) is 0 Å². The fourth-order valence-corrected chi connectivity index (χ4v) is 6.63. The van der Waals surface area contributed by atoms with Crippen LogP contribution in [0.1, 0.15) is 56.3 Å². The monoisotopic (exact) mass is 756 g/mol. The lowest BCUT2D eigenvalue weighted by Gasteiger charge is -2.52. The highest BCUT2D eigenvalue weighted by molar-refractivity contribution is 5.60. The van der Waals surface area contributed by atoms with E-state index in [0.29, 0.717) is 97.1 Å². The minimum Gasteiger partial charge on any atom is -0.207 e. The first kappa shape index (κ1) is 38.5. The molecule has 0 bridgehead atoms. The van der Waals surface area contributed by atoms with E-state index in [1.807, 2.05) is 0 Å². The molecule has 0 aromatic heterocycles. The maximum atomic E-state index is 15.6. The molecule has 4 aromatic carbocycles. The van der Waals surface area contributed by atoms with Crippen LogP contribution in [0.3, 0.4) is 0 Å². The van der Waals surface area contributed by atoms with Crippen LogP contribution < -0.4 is 0 Å². The Kier molecular flexibility index (Phi) is 10.1. The van der Waals surface area contributed by atoms with Crippen LogP contribution in [0.15, 0.2) is 84.9 Å². The molecule has 0 spiro atoms. The average molecular weight is 757 g/mol. The van der Waals surface area contributed by atoms with E-state index in [0.717, 1.165) is 0 Å². The predicted molar refractivity (Wildman–Crippen MR) is 156 cm³/mol. The van der Waals surface area contributed by atoms with Gasteiger partial charge in [-0.1, -0.05) is 48.6 Å². The number of benzene rings is 4. The lowest BCUT2D eigenvalue weighted by Crippen LogP contribution is -2.44. The van der Waals surface area contributed by atoms with Crippen LogP contribution >= 0.6 is 0 Å². The van der Waals surface area contributed by atoms with Gasteiger partial charge in [-0.15, -0.1) is 0 Å². The largest absolute Gasteiger partial charge is 0.417 e. The van der Waals surface area contributed by atoms with Crippen LogP contribution in [0, 0.1) is 35.1 Å². The smallest absolute Gasteiger partial charge is 0.207 e. The highest BCUT2D eigenvalue weighted by atomic mass is 19.4. The van der Waals surface area contributed by atoms with Gasteiger partial charge in [-0.3, -0.25) is 0 Å². The Morgan fingerprint density at radius 2 is 0.635 bits per heavy atom. The van der Waals surface area contributed by atoms with Gasteiger partial charge in [-0.2, -0.15) is 52.7 Å². The van der Waals surface area contributed by atoms with Crippen LogP contribution in [0.4, 0.5) is 70.2 Å². The fourth-order valence-electron chi connectivity index (χ4n) is 6.63. The lowest BCUT2D eigenvalue weighted by molar-refractivity contribution is -0.140. The van der Waals surface area contributed by atoms with Gasteiger partial charge >= 0.3 is 24.7 Å². The average Bonchev–Trinajstić information content (AvgIpc) is 3.01. The van der Waals surface area contributed by atoms with E-state index in [-0.39, 0.29) is 0 Å². The van der Waals surface area contributed by atoms with E-state index in [1.54, 1.807) is 0 Å². The molecule has 1 saturated carbocycles. The molecule has 0 aliphatic heterocycles. The molecule has 0 heterocycles. The van der Waals surface area contributed by atoms with Crippen LogP contribution in [0.2, 0.25) is 0 Å². The van der Waals surface area contributed by atoms with E-state index in [4.69, 9.17) is 0 Å². The summed E-state index contributed by atoms with van der Waals surface area (Å²) in [6.45, 7) is 0. The number of alkyl halides is 12. The third-order valence-corrected chi connectivity index (χ3v) is 8.73. The third-order valence-electron chi connectivity index (χ3n) is 8.73. The van der Waals surface area contributed by atoms with Gasteiger partial charge in [0.25, 0.3) is 0 Å². The van der Waals surface area contributed by atoms with Gasteiger partial charge in [-0.25, -0.2) is 17.6 Å². The van der Waals surface area contributed by atoms with E-state index < -0.39 is 116 Å². The van der Waals surface area contributed by atoms with E-state index in [2.05, 4.69) is 0 Å². The first-order valence-corrected chi connectivity index (χ1v) is 14.8. The van der Waals surface area contributed by atoms with Crippen LogP contribution in [0.5, 0.6) is 0 Å². The van der Waals surface area contributed by atoms with Crippen molar-refractivity contribution in [1.29, 1.82) is 0 Å². The third kappa shape index (κ3) is 7.42. The molecule has 5 rings (SSSR count). The van der Waals surface area contributed by atoms with Crippen molar-refractivity contribution in [3.63, 3.8) is 0 Å². The molecule has 0 N–H and O–H groups in total. The zero-order valence-corrected chi connectivity index (χ0v) is 25.6. The topological polar surface area (TPSA) is 0 Å². The molecule has 0 saturated heterocycles. The molecule has 1 aliphatic carbocycles.